The number of methoxy groups -OCH3 is 1. The van der Waals surface area contributed by atoms with Gasteiger partial charge in [0, 0.05) is 26.3 Å². The molecule has 0 radical (unpaired) electrons. The SMILES string of the molecule is COCOc1ccc2sc(C(C#N)C(C(=O)O)c3cc4cc(O)ccc4s3)cc2c1. The highest BCUT2D eigenvalue weighted by Crippen LogP contribution is 2.43. The smallest absolute Gasteiger partial charge is 0.313 e. The highest BCUT2D eigenvalue weighted by Gasteiger charge is 2.34. The molecule has 30 heavy (non-hydrogen) atoms. The van der Waals surface area contributed by atoms with E-state index in [0.717, 1.165) is 20.2 Å². The lowest BCUT2D eigenvalue weighted by molar-refractivity contribution is -0.138. The Morgan fingerprint density at radius 2 is 1.73 bits per heavy atom. The average Bonchev–Trinajstić information content (AvgIpc) is 3.32. The van der Waals surface area contributed by atoms with E-state index in [2.05, 4.69) is 6.07 Å². The number of carboxylic acids is 1. The summed E-state index contributed by atoms with van der Waals surface area (Å²) in [5, 5.41) is 31.2. The number of ether oxygens (including phenoxy) is 2. The first-order valence-electron chi connectivity index (χ1n) is 9.00. The van der Waals surface area contributed by atoms with Gasteiger partial charge in [-0.3, -0.25) is 4.79 Å². The molecule has 2 aromatic heterocycles. The van der Waals surface area contributed by atoms with E-state index in [0.29, 0.717) is 15.5 Å². The van der Waals surface area contributed by atoms with Crippen LogP contribution in [-0.2, 0) is 9.53 Å². The lowest BCUT2D eigenvalue weighted by atomic mass is 9.90. The van der Waals surface area contributed by atoms with E-state index in [4.69, 9.17) is 9.47 Å². The monoisotopic (exact) mass is 439 g/mol. The second-order valence-electron chi connectivity index (χ2n) is 6.69. The average molecular weight is 440 g/mol. The van der Waals surface area contributed by atoms with Gasteiger partial charge < -0.3 is 19.7 Å². The molecular formula is C22H17NO5S2. The third-order valence-corrected chi connectivity index (χ3v) is 7.12. The highest BCUT2D eigenvalue weighted by atomic mass is 32.1. The first-order valence-corrected chi connectivity index (χ1v) is 10.6. The Labute approximate surface area is 180 Å². The number of carbonyl (C=O) groups is 1. The number of nitrogens with zero attached hydrogens (tertiary/aromatic N) is 1. The fourth-order valence-corrected chi connectivity index (χ4v) is 5.65. The Hall–Kier alpha value is -3.12. The molecule has 0 aliphatic rings. The predicted octanol–water partition coefficient (Wildman–Crippen LogP) is 5.28. The van der Waals surface area contributed by atoms with Crippen LogP contribution in [0.15, 0.2) is 48.5 Å². The summed E-state index contributed by atoms with van der Waals surface area (Å²) in [7, 11) is 1.54. The van der Waals surface area contributed by atoms with Crippen LogP contribution in [-0.4, -0.2) is 30.1 Å². The van der Waals surface area contributed by atoms with E-state index in [9.17, 15) is 20.3 Å². The number of aromatic hydroxyl groups is 1. The first-order chi connectivity index (χ1) is 14.5. The van der Waals surface area contributed by atoms with Crippen LogP contribution in [0.5, 0.6) is 11.5 Å². The number of hydrogen-bond donors (Lipinski definition) is 2. The number of phenols is 1. The molecule has 152 valence electrons. The highest BCUT2D eigenvalue weighted by molar-refractivity contribution is 7.19. The largest absolute Gasteiger partial charge is 0.508 e. The second-order valence-corrected chi connectivity index (χ2v) is 8.92. The van der Waals surface area contributed by atoms with Crippen molar-refractivity contribution in [1.29, 1.82) is 5.26 Å². The number of aliphatic carboxylic acids is 1. The Bertz CT molecular complexity index is 1270. The fourth-order valence-electron chi connectivity index (χ4n) is 3.35. The van der Waals surface area contributed by atoms with Gasteiger partial charge in [0.25, 0.3) is 0 Å². The summed E-state index contributed by atoms with van der Waals surface area (Å²) < 4.78 is 12.2. The van der Waals surface area contributed by atoms with E-state index in [1.807, 2.05) is 24.3 Å². The summed E-state index contributed by atoms with van der Waals surface area (Å²) in [4.78, 5) is 13.4. The van der Waals surface area contributed by atoms with Crippen LogP contribution in [0.25, 0.3) is 20.2 Å². The maximum atomic E-state index is 12.2. The van der Waals surface area contributed by atoms with Gasteiger partial charge in [-0.05, 0) is 59.3 Å². The molecule has 4 aromatic rings. The van der Waals surface area contributed by atoms with Crippen LogP contribution < -0.4 is 4.74 Å². The van der Waals surface area contributed by atoms with Crippen molar-refractivity contribution >= 4 is 48.8 Å². The van der Waals surface area contributed by atoms with Crippen LogP contribution >= 0.6 is 22.7 Å². The summed E-state index contributed by atoms with van der Waals surface area (Å²) in [5.74, 6) is -2.15. The van der Waals surface area contributed by atoms with E-state index in [1.165, 1.54) is 22.7 Å². The zero-order chi connectivity index (χ0) is 21.3. The summed E-state index contributed by atoms with van der Waals surface area (Å²) in [6, 6.07) is 16.3. The normalized spacial score (nSPS) is 13.2. The van der Waals surface area contributed by atoms with Crippen molar-refractivity contribution in [3.63, 3.8) is 0 Å². The Balaban J connectivity index is 1.74. The number of fused-ring (bicyclic) bond motifs is 2. The van der Waals surface area contributed by atoms with Gasteiger partial charge >= 0.3 is 5.97 Å². The summed E-state index contributed by atoms with van der Waals surface area (Å²) in [5.41, 5.74) is 0. The van der Waals surface area contributed by atoms with Crippen molar-refractivity contribution in [2.45, 2.75) is 11.8 Å². The van der Waals surface area contributed by atoms with Crippen molar-refractivity contribution in [2.75, 3.05) is 13.9 Å². The van der Waals surface area contributed by atoms with Gasteiger partial charge in [-0.15, -0.1) is 22.7 Å². The lowest BCUT2D eigenvalue weighted by Crippen LogP contribution is -2.17. The molecule has 0 amide bonds. The molecule has 0 saturated carbocycles. The van der Waals surface area contributed by atoms with Gasteiger partial charge in [0.2, 0.25) is 0 Å². The van der Waals surface area contributed by atoms with Gasteiger partial charge in [-0.25, -0.2) is 0 Å². The van der Waals surface area contributed by atoms with Crippen LogP contribution in [0.1, 0.15) is 21.6 Å². The molecule has 2 aromatic carbocycles. The summed E-state index contributed by atoms with van der Waals surface area (Å²) >= 11 is 2.73. The molecule has 2 heterocycles. The molecule has 4 rings (SSSR count). The summed E-state index contributed by atoms with van der Waals surface area (Å²) in [6.45, 7) is 0.131. The molecule has 2 unspecified atom stereocenters. The predicted molar refractivity (Wildman–Crippen MR) is 117 cm³/mol. The number of rotatable bonds is 7. The summed E-state index contributed by atoms with van der Waals surface area (Å²) in [6.07, 6.45) is 0. The molecular weight excluding hydrogens is 422 g/mol. The van der Waals surface area contributed by atoms with Gasteiger partial charge in [0.1, 0.15) is 17.4 Å². The minimum atomic E-state index is -1.06. The molecule has 2 atom stereocenters. The Kier molecular flexibility index (Phi) is 5.59. The van der Waals surface area contributed by atoms with Crippen molar-refractivity contribution in [2.24, 2.45) is 0 Å². The zero-order valence-corrected chi connectivity index (χ0v) is 17.5. The topological polar surface area (TPSA) is 99.8 Å². The van der Waals surface area contributed by atoms with E-state index < -0.39 is 17.8 Å². The van der Waals surface area contributed by atoms with Gasteiger partial charge in [-0.2, -0.15) is 5.26 Å². The molecule has 0 aliphatic heterocycles. The minimum Gasteiger partial charge on any atom is -0.508 e. The number of carboxylic acid groups (broad SMARTS) is 1. The molecule has 2 N–H and O–H groups in total. The Morgan fingerprint density at radius 3 is 2.43 bits per heavy atom. The van der Waals surface area contributed by atoms with Gasteiger partial charge in [0.05, 0.1) is 12.0 Å². The van der Waals surface area contributed by atoms with Crippen LogP contribution in [0.2, 0.25) is 0 Å². The van der Waals surface area contributed by atoms with Crippen molar-refractivity contribution in [1.82, 2.24) is 0 Å². The third-order valence-electron chi connectivity index (χ3n) is 4.72. The van der Waals surface area contributed by atoms with Crippen LogP contribution in [0.4, 0.5) is 0 Å². The van der Waals surface area contributed by atoms with Crippen molar-refractivity contribution < 1.29 is 24.5 Å². The molecule has 0 saturated heterocycles. The van der Waals surface area contributed by atoms with Gasteiger partial charge in [0.15, 0.2) is 6.79 Å². The fraction of sp³-hybridized carbons (Fsp3) is 0.182. The first kappa shape index (κ1) is 20.2. The molecule has 6 nitrogen and oxygen atoms in total. The Morgan fingerprint density at radius 1 is 1.07 bits per heavy atom. The van der Waals surface area contributed by atoms with Gasteiger partial charge in [-0.1, -0.05) is 0 Å². The molecule has 0 spiro atoms. The van der Waals surface area contributed by atoms with Crippen molar-refractivity contribution in [3.05, 3.63) is 58.3 Å². The standard InChI is InChI=1S/C22H17NO5S2/c1-27-11-28-15-3-5-18-13(7-15)8-19(29-18)16(10-23)21(22(25)26)20-9-12-6-14(24)2-4-17(12)30-20/h2-9,16,21,24H,11H2,1H3,(H,25,26). The number of benzene rings is 2. The van der Waals surface area contributed by atoms with Crippen molar-refractivity contribution in [3.8, 4) is 17.6 Å². The minimum absolute atomic E-state index is 0.117. The number of thiophene rings is 2. The number of hydrogen-bond acceptors (Lipinski definition) is 7. The molecule has 0 aliphatic carbocycles. The molecule has 8 heteroatoms. The second kappa shape index (κ2) is 8.32. The van der Waals surface area contributed by atoms with E-state index in [1.54, 1.807) is 31.4 Å². The quantitative estimate of drug-likeness (QED) is 0.380. The zero-order valence-electron chi connectivity index (χ0n) is 15.9. The van der Waals surface area contributed by atoms with E-state index >= 15 is 0 Å². The number of phenolic OH excluding ortho intramolecular Hbond substituents is 1. The maximum Gasteiger partial charge on any atom is 0.313 e. The third kappa shape index (κ3) is 3.83. The van der Waals surface area contributed by atoms with E-state index in [-0.39, 0.29) is 12.5 Å². The van der Waals surface area contributed by atoms with Crippen LogP contribution in [0, 0.1) is 11.3 Å². The van der Waals surface area contributed by atoms with Crippen LogP contribution in [0.3, 0.4) is 0 Å². The number of nitriles is 1. The molecule has 0 bridgehead atoms. The maximum absolute atomic E-state index is 12.2. The molecule has 0 fully saturated rings. The lowest BCUT2D eigenvalue weighted by Gasteiger charge is -2.15.